The Hall–Kier alpha value is -3.42. The fourth-order valence-electron chi connectivity index (χ4n) is 3.05. The molecular formula is C22H25FN4O3. The standard InChI is InChI=1S/C22H25FN4O3/c1-14-7-8-17(16(23)10-14)27-22-15-11-19(29-2)20(12-18(15)25-13-26-22)30-9-5-3-4-6-21(24)28/h7-8,10-13H,3-6,9H2,1-2H3,(H2,24,28)(H,25,26,27). The minimum Gasteiger partial charge on any atom is -0.493 e. The van der Waals surface area contributed by atoms with Crippen molar-refractivity contribution in [1.82, 2.24) is 9.97 Å². The van der Waals surface area contributed by atoms with Gasteiger partial charge in [-0.1, -0.05) is 6.07 Å². The highest BCUT2D eigenvalue weighted by molar-refractivity contribution is 5.93. The van der Waals surface area contributed by atoms with E-state index in [0.717, 1.165) is 24.8 Å². The van der Waals surface area contributed by atoms with E-state index in [9.17, 15) is 9.18 Å². The molecule has 1 heterocycles. The van der Waals surface area contributed by atoms with Crippen LogP contribution in [0.25, 0.3) is 10.9 Å². The molecule has 3 N–H and O–H groups in total. The van der Waals surface area contributed by atoms with Gasteiger partial charge in [-0.3, -0.25) is 4.79 Å². The lowest BCUT2D eigenvalue weighted by atomic mass is 10.2. The summed E-state index contributed by atoms with van der Waals surface area (Å²) in [5.74, 6) is 0.915. The Morgan fingerprint density at radius 3 is 2.70 bits per heavy atom. The van der Waals surface area contributed by atoms with E-state index in [1.807, 2.05) is 13.0 Å². The molecule has 0 unspecified atom stereocenters. The van der Waals surface area contributed by atoms with E-state index in [1.54, 1.807) is 25.3 Å². The van der Waals surface area contributed by atoms with Gasteiger partial charge in [0.05, 0.1) is 24.9 Å². The number of rotatable bonds is 10. The number of hydrogen-bond donors (Lipinski definition) is 2. The molecule has 8 heteroatoms. The molecule has 0 aliphatic carbocycles. The number of amides is 1. The zero-order chi connectivity index (χ0) is 21.5. The van der Waals surface area contributed by atoms with E-state index in [4.69, 9.17) is 15.2 Å². The highest BCUT2D eigenvalue weighted by Gasteiger charge is 2.13. The lowest BCUT2D eigenvalue weighted by Crippen LogP contribution is -2.09. The second-order valence-corrected chi connectivity index (χ2v) is 6.98. The summed E-state index contributed by atoms with van der Waals surface area (Å²) < 4.78 is 25.6. The number of fused-ring (bicyclic) bond motifs is 1. The van der Waals surface area contributed by atoms with Crippen LogP contribution in [0.2, 0.25) is 0 Å². The van der Waals surface area contributed by atoms with Gasteiger partial charge in [0, 0.05) is 17.9 Å². The minimum absolute atomic E-state index is 0.290. The Morgan fingerprint density at radius 2 is 1.97 bits per heavy atom. The van der Waals surface area contributed by atoms with Gasteiger partial charge in [-0.2, -0.15) is 0 Å². The van der Waals surface area contributed by atoms with Crippen molar-refractivity contribution in [3.63, 3.8) is 0 Å². The number of hydrogen-bond acceptors (Lipinski definition) is 6. The number of methoxy groups -OCH3 is 1. The Balaban J connectivity index is 1.77. The number of carbonyl (C=O) groups excluding carboxylic acids is 1. The van der Waals surface area contributed by atoms with E-state index in [1.165, 1.54) is 12.4 Å². The Kier molecular flexibility index (Phi) is 7.00. The number of benzene rings is 2. The molecule has 3 rings (SSSR count). The highest BCUT2D eigenvalue weighted by atomic mass is 19.1. The van der Waals surface area contributed by atoms with Crippen LogP contribution in [0, 0.1) is 12.7 Å². The maximum Gasteiger partial charge on any atom is 0.217 e. The second kappa shape index (κ2) is 9.87. The van der Waals surface area contributed by atoms with Crippen molar-refractivity contribution in [1.29, 1.82) is 0 Å². The van der Waals surface area contributed by atoms with Gasteiger partial charge in [-0.25, -0.2) is 14.4 Å². The molecule has 158 valence electrons. The van der Waals surface area contributed by atoms with Crippen molar-refractivity contribution >= 4 is 28.3 Å². The van der Waals surface area contributed by atoms with Crippen LogP contribution in [0.3, 0.4) is 0 Å². The van der Waals surface area contributed by atoms with Gasteiger partial charge >= 0.3 is 0 Å². The van der Waals surface area contributed by atoms with Gasteiger partial charge in [-0.15, -0.1) is 0 Å². The molecule has 2 aromatic carbocycles. The molecule has 30 heavy (non-hydrogen) atoms. The number of nitrogens with one attached hydrogen (secondary N) is 1. The number of nitrogens with zero attached hydrogens (tertiary/aromatic N) is 2. The maximum absolute atomic E-state index is 14.2. The van der Waals surface area contributed by atoms with Crippen molar-refractivity contribution in [2.45, 2.75) is 32.6 Å². The fourth-order valence-corrected chi connectivity index (χ4v) is 3.05. The van der Waals surface area contributed by atoms with E-state index in [2.05, 4.69) is 15.3 Å². The van der Waals surface area contributed by atoms with Gasteiger partial charge in [0.2, 0.25) is 5.91 Å². The summed E-state index contributed by atoms with van der Waals surface area (Å²) in [6.45, 7) is 2.31. The minimum atomic E-state index is -0.356. The predicted molar refractivity (Wildman–Crippen MR) is 114 cm³/mol. The topological polar surface area (TPSA) is 99.4 Å². The summed E-state index contributed by atoms with van der Waals surface area (Å²) in [5, 5.41) is 3.71. The summed E-state index contributed by atoms with van der Waals surface area (Å²) in [6.07, 6.45) is 4.17. The zero-order valence-corrected chi connectivity index (χ0v) is 17.1. The first-order valence-corrected chi connectivity index (χ1v) is 9.75. The van der Waals surface area contributed by atoms with Crippen LogP contribution in [-0.4, -0.2) is 29.6 Å². The molecule has 0 radical (unpaired) electrons. The zero-order valence-electron chi connectivity index (χ0n) is 17.1. The van der Waals surface area contributed by atoms with Crippen LogP contribution in [-0.2, 0) is 4.79 Å². The van der Waals surface area contributed by atoms with Crippen LogP contribution in [0.5, 0.6) is 11.5 Å². The molecule has 0 bridgehead atoms. The molecule has 1 amide bonds. The van der Waals surface area contributed by atoms with Gasteiger partial charge in [0.25, 0.3) is 0 Å². The lowest BCUT2D eigenvalue weighted by molar-refractivity contribution is -0.118. The fraction of sp³-hybridized carbons (Fsp3) is 0.318. The number of halogens is 1. The third-order valence-electron chi connectivity index (χ3n) is 4.62. The molecule has 0 saturated carbocycles. The Morgan fingerprint density at radius 1 is 1.13 bits per heavy atom. The monoisotopic (exact) mass is 412 g/mol. The summed E-state index contributed by atoms with van der Waals surface area (Å²) in [6, 6.07) is 8.50. The maximum atomic E-state index is 14.2. The van der Waals surface area contributed by atoms with Crippen molar-refractivity contribution < 1.29 is 18.7 Å². The van der Waals surface area contributed by atoms with Gasteiger partial charge < -0.3 is 20.5 Å². The molecule has 0 spiro atoms. The number of nitrogens with two attached hydrogens (primary N) is 1. The number of anilines is 2. The van der Waals surface area contributed by atoms with Crippen LogP contribution in [0.4, 0.5) is 15.9 Å². The van der Waals surface area contributed by atoms with E-state index < -0.39 is 0 Å². The predicted octanol–water partition coefficient (Wildman–Crippen LogP) is 4.25. The van der Waals surface area contributed by atoms with Crippen LogP contribution in [0.1, 0.15) is 31.2 Å². The van der Waals surface area contributed by atoms with E-state index in [0.29, 0.717) is 46.9 Å². The molecule has 0 aliphatic rings. The average Bonchev–Trinajstić information content (AvgIpc) is 2.72. The summed E-state index contributed by atoms with van der Waals surface area (Å²) in [7, 11) is 1.55. The van der Waals surface area contributed by atoms with Crippen LogP contribution >= 0.6 is 0 Å². The second-order valence-electron chi connectivity index (χ2n) is 6.98. The van der Waals surface area contributed by atoms with Crippen molar-refractivity contribution in [3.8, 4) is 11.5 Å². The van der Waals surface area contributed by atoms with Crippen LogP contribution < -0.4 is 20.5 Å². The smallest absolute Gasteiger partial charge is 0.217 e. The number of unbranched alkanes of at least 4 members (excludes halogenated alkanes) is 2. The first kappa shape index (κ1) is 21.3. The van der Waals surface area contributed by atoms with Gasteiger partial charge in [0.15, 0.2) is 11.5 Å². The van der Waals surface area contributed by atoms with Crippen molar-refractivity contribution in [2.75, 3.05) is 19.0 Å². The number of aromatic nitrogens is 2. The highest BCUT2D eigenvalue weighted by Crippen LogP contribution is 2.35. The number of primary amides is 1. The van der Waals surface area contributed by atoms with Crippen LogP contribution in [0.15, 0.2) is 36.7 Å². The SMILES string of the molecule is COc1cc2c(Nc3ccc(C)cc3F)ncnc2cc1OCCCCCC(N)=O. The third kappa shape index (κ3) is 5.34. The van der Waals surface area contributed by atoms with Gasteiger partial charge in [0.1, 0.15) is 18.0 Å². The Labute approximate surface area is 174 Å². The molecule has 0 atom stereocenters. The molecule has 0 aliphatic heterocycles. The molecule has 0 saturated heterocycles. The molecule has 3 aromatic rings. The normalized spacial score (nSPS) is 10.8. The number of aryl methyl sites for hydroxylation is 1. The summed E-state index contributed by atoms with van der Waals surface area (Å²) in [5.41, 5.74) is 6.95. The summed E-state index contributed by atoms with van der Waals surface area (Å²) >= 11 is 0. The lowest BCUT2D eigenvalue weighted by Gasteiger charge is -2.14. The molecule has 1 aromatic heterocycles. The quantitative estimate of drug-likeness (QED) is 0.483. The first-order valence-electron chi connectivity index (χ1n) is 9.75. The molecule has 0 fully saturated rings. The first-order chi connectivity index (χ1) is 14.5. The number of ether oxygens (including phenoxy) is 2. The molecule has 7 nitrogen and oxygen atoms in total. The summed E-state index contributed by atoms with van der Waals surface area (Å²) in [4.78, 5) is 19.3. The van der Waals surface area contributed by atoms with Crippen molar-refractivity contribution in [2.24, 2.45) is 5.73 Å². The largest absolute Gasteiger partial charge is 0.493 e. The number of carbonyl (C=O) groups is 1. The Bertz CT molecular complexity index is 1040. The van der Waals surface area contributed by atoms with Crippen molar-refractivity contribution in [3.05, 3.63) is 48.0 Å². The van der Waals surface area contributed by atoms with E-state index in [-0.39, 0.29) is 11.7 Å². The third-order valence-corrected chi connectivity index (χ3v) is 4.62. The average molecular weight is 412 g/mol. The molecular weight excluding hydrogens is 387 g/mol. The van der Waals surface area contributed by atoms with E-state index >= 15 is 0 Å². The van der Waals surface area contributed by atoms with Gasteiger partial charge in [-0.05, 0) is 49.9 Å².